The number of benzene rings is 1. The summed E-state index contributed by atoms with van der Waals surface area (Å²) in [4.78, 5) is 10.7. The van der Waals surface area contributed by atoms with Crippen LogP contribution in [0.4, 0.5) is 0 Å². The molecule has 0 aromatic heterocycles. The molecule has 0 saturated heterocycles. The summed E-state index contributed by atoms with van der Waals surface area (Å²) >= 11 is 0. The molecule has 0 heterocycles. The van der Waals surface area contributed by atoms with Gasteiger partial charge in [-0.1, -0.05) is 12.1 Å². The molecular weight excluding hydrogens is 180 g/mol. The van der Waals surface area contributed by atoms with E-state index in [9.17, 15) is 9.90 Å². The molecule has 0 saturated carbocycles. The molecule has 0 aliphatic rings. The third-order valence-electron chi connectivity index (χ3n) is 1.97. The molecule has 3 nitrogen and oxygen atoms in total. The van der Waals surface area contributed by atoms with Gasteiger partial charge in [-0.3, -0.25) is 0 Å². The topological polar surface area (TPSA) is 57.5 Å². The summed E-state index contributed by atoms with van der Waals surface area (Å²) in [5.74, 6) is -1.29. The van der Waals surface area contributed by atoms with Crippen LogP contribution in [0.25, 0.3) is 0 Å². The third kappa shape index (κ3) is 1.93. The molecule has 0 aliphatic carbocycles. The van der Waals surface area contributed by atoms with E-state index in [1.54, 1.807) is 19.1 Å². The molecule has 0 fully saturated rings. The van der Waals surface area contributed by atoms with Gasteiger partial charge < -0.3 is 10.2 Å². The van der Waals surface area contributed by atoms with Crippen LogP contribution >= 0.6 is 0 Å². The lowest BCUT2D eigenvalue weighted by atomic mass is 10.0. The molecule has 0 amide bonds. The maximum atomic E-state index is 10.7. The van der Waals surface area contributed by atoms with E-state index >= 15 is 0 Å². The maximum Gasteiger partial charge on any atom is 0.339 e. The molecule has 1 aromatic carbocycles. The minimum absolute atomic E-state index is 0.0298. The van der Waals surface area contributed by atoms with Crippen LogP contribution in [0.1, 0.15) is 21.5 Å². The monoisotopic (exact) mass is 192 g/mol. The van der Waals surface area contributed by atoms with Gasteiger partial charge in [0.2, 0.25) is 0 Å². The predicted molar refractivity (Wildman–Crippen MR) is 53.7 cm³/mol. The van der Waals surface area contributed by atoms with E-state index in [2.05, 4.69) is 6.58 Å². The third-order valence-corrected chi connectivity index (χ3v) is 1.97. The molecule has 74 valence electrons. The normalized spacial score (nSPS) is 9.79. The van der Waals surface area contributed by atoms with Crippen molar-refractivity contribution >= 4 is 5.97 Å². The second kappa shape index (κ2) is 3.96. The fourth-order valence-corrected chi connectivity index (χ4v) is 1.40. The Labute approximate surface area is 82.3 Å². The highest BCUT2D eigenvalue weighted by atomic mass is 16.4. The van der Waals surface area contributed by atoms with E-state index in [1.807, 2.05) is 0 Å². The van der Waals surface area contributed by atoms with Crippen molar-refractivity contribution in [3.63, 3.8) is 0 Å². The lowest BCUT2D eigenvalue weighted by Gasteiger charge is -2.06. The first-order chi connectivity index (χ1) is 6.56. The number of allylic oxidation sites excluding steroid dienone is 1. The molecule has 1 aromatic rings. The predicted octanol–water partition coefficient (Wildman–Crippen LogP) is 2.13. The van der Waals surface area contributed by atoms with Crippen LogP contribution in [0.5, 0.6) is 5.75 Å². The van der Waals surface area contributed by atoms with Gasteiger partial charge in [-0.05, 0) is 30.5 Å². The van der Waals surface area contributed by atoms with Gasteiger partial charge in [-0.15, -0.1) is 6.58 Å². The molecule has 0 atom stereocenters. The van der Waals surface area contributed by atoms with Crippen LogP contribution in [0.3, 0.4) is 0 Å². The number of carbonyl (C=O) groups is 1. The second-order valence-corrected chi connectivity index (χ2v) is 3.10. The smallest absolute Gasteiger partial charge is 0.339 e. The number of carboxylic acids is 1. The van der Waals surface area contributed by atoms with Gasteiger partial charge in [0.25, 0.3) is 0 Å². The first kappa shape index (κ1) is 10.3. The van der Waals surface area contributed by atoms with E-state index in [4.69, 9.17) is 5.11 Å². The second-order valence-electron chi connectivity index (χ2n) is 3.10. The fraction of sp³-hybridized carbons (Fsp3) is 0.182. The Morgan fingerprint density at radius 3 is 2.64 bits per heavy atom. The highest BCUT2D eigenvalue weighted by Gasteiger charge is 2.13. The van der Waals surface area contributed by atoms with Crippen LogP contribution in [0.2, 0.25) is 0 Å². The van der Waals surface area contributed by atoms with E-state index in [1.165, 1.54) is 6.07 Å². The first-order valence-corrected chi connectivity index (χ1v) is 4.23. The van der Waals surface area contributed by atoms with Crippen LogP contribution in [-0.2, 0) is 6.42 Å². The van der Waals surface area contributed by atoms with Crippen molar-refractivity contribution in [1.29, 1.82) is 0 Å². The number of phenols is 1. The zero-order valence-electron chi connectivity index (χ0n) is 7.95. The molecule has 0 unspecified atom stereocenters. The Kier molecular flexibility index (Phi) is 2.92. The molecule has 0 radical (unpaired) electrons. The average molecular weight is 192 g/mol. The van der Waals surface area contributed by atoms with Gasteiger partial charge in [0.05, 0.1) is 0 Å². The molecule has 0 spiro atoms. The lowest BCUT2D eigenvalue weighted by Crippen LogP contribution is -2.01. The Balaban J connectivity index is 3.24. The quantitative estimate of drug-likeness (QED) is 0.721. The summed E-state index contributed by atoms with van der Waals surface area (Å²) in [6.45, 7) is 5.24. The Morgan fingerprint density at radius 1 is 1.57 bits per heavy atom. The first-order valence-electron chi connectivity index (χ1n) is 4.23. The van der Waals surface area contributed by atoms with E-state index in [0.717, 1.165) is 5.56 Å². The molecule has 1 rings (SSSR count). The van der Waals surface area contributed by atoms with Crippen LogP contribution in [0.15, 0.2) is 24.8 Å². The number of carboxylic acid groups (broad SMARTS) is 1. The fourth-order valence-electron chi connectivity index (χ4n) is 1.40. The van der Waals surface area contributed by atoms with Crippen molar-refractivity contribution in [2.75, 3.05) is 0 Å². The van der Waals surface area contributed by atoms with Crippen LogP contribution in [0, 0.1) is 6.92 Å². The molecule has 14 heavy (non-hydrogen) atoms. The number of aromatic hydroxyl groups is 1. The van der Waals surface area contributed by atoms with Crippen molar-refractivity contribution in [1.82, 2.24) is 0 Å². The van der Waals surface area contributed by atoms with Crippen molar-refractivity contribution in [3.8, 4) is 5.75 Å². The summed E-state index contributed by atoms with van der Waals surface area (Å²) in [6, 6.07) is 3.20. The zero-order chi connectivity index (χ0) is 10.7. The van der Waals surface area contributed by atoms with Gasteiger partial charge in [-0.2, -0.15) is 0 Å². The summed E-state index contributed by atoms with van der Waals surface area (Å²) in [5, 5.41) is 18.2. The SMILES string of the molecule is C=CCc1cc(C)c(C(=O)O)c(O)c1. The van der Waals surface area contributed by atoms with Gasteiger partial charge in [0, 0.05) is 0 Å². The summed E-state index contributed by atoms with van der Waals surface area (Å²) in [5.41, 5.74) is 1.40. The molecule has 0 aliphatic heterocycles. The molecular formula is C11H12O3. The summed E-state index contributed by atoms with van der Waals surface area (Å²) in [6.07, 6.45) is 2.32. The van der Waals surface area contributed by atoms with Crippen molar-refractivity contribution in [2.45, 2.75) is 13.3 Å². The number of hydrogen-bond acceptors (Lipinski definition) is 2. The van der Waals surface area contributed by atoms with Gasteiger partial charge in [0.1, 0.15) is 11.3 Å². The van der Waals surface area contributed by atoms with E-state index in [0.29, 0.717) is 12.0 Å². The van der Waals surface area contributed by atoms with Gasteiger partial charge in [-0.25, -0.2) is 4.79 Å². The highest BCUT2D eigenvalue weighted by molar-refractivity contribution is 5.92. The van der Waals surface area contributed by atoms with Crippen LogP contribution in [-0.4, -0.2) is 16.2 Å². The molecule has 0 bridgehead atoms. The minimum Gasteiger partial charge on any atom is -0.507 e. The Bertz CT molecular complexity index is 357. The Hall–Kier alpha value is -1.77. The standard InChI is InChI=1S/C11H12O3/c1-3-4-8-5-7(2)10(11(13)14)9(12)6-8/h3,5-6,12H,1,4H2,2H3,(H,13,14). The van der Waals surface area contributed by atoms with E-state index in [-0.39, 0.29) is 11.3 Å². The highest BCUT2D eigenvalue weighted by Crippen LogP contribution is 2.23. The largest absolute Gasteiger partial charge is 0.507 e. The number of aromatic carboxylic acids is 1. The van der Waals surface area contributed by atoms with E-state index < -0.39 is 5.97 Å². The minimum atomic E-state index is -1.11. The summed E-state index contributed by atoms with van der Waals surface area (Å²) in [7, 11) is 0. The number of rotatable bonds is 3. The molecule has 2 N–H and O–H groups in total. The Morgan fingerprint density at radius 2 is 2.21 bits per heavy atom. The summed E-state index contributed by atoms with van der Waals surface area (Å²) < 4.78 is 0. The average Bonchev–Trinajstić information content (AvgIpc) is 2.01. The maximum absolute atomic E-state index is 10.7. The van der Waals surface area contributed by atoms with Gasteiger partial charge >= 0.3 is 5.97 Å². The number of aryl methyl sites for hydroxylation is 1. The van der Waals surface area contributed by atoms with Gasteiger partial charge in [0.15, 0.2) is 0 Å². The van der Waals surface area contributed by atoms with Crippen LogP contribution < -0.4 is 0 Å². The van der Waals surface area contributed by atoms with Crippen molar-refractivity contribution in [3.05, 3.63) is 41.5 Å². The van der Waals surface area contributed by atoms with Crippen molar-refractivity contribution in [2.24, 2.45) is 0 Å². The van der Waals surface area contributed by atoms with Crippen molar-refractivity contribution < 1.29 is 15.0 Å². The number of hydrogen-bond donors (Lipinski definition) is 2. The zero-order valence-corrected chi connectivity index (χ0v) is 7.95. The lowest BCUT2D eigenvalue weighted by molar-refractivity contribution is 0.0693. The molecule has 3 heteroatoms.